The van der Waals surface area contributed by atoms with Gasteiger partial charge in [-0.05, 0) is 65.4 Å². The molecule has 0 unspecified atom stereocenters. The molecule has 0 heterocycles. The van der Waals surface area contributed by atoms with E-state index in [0.29, 0.717) is 11.6 Å². The van der Waals surface area contributed by atoms with Gasteiger partial charge in [-0.15, -0.1) is 0 Å². The number of benzene rings is 5. The van der Waals surface area contributed by atoms with Gasteiger partial charge in [0.15, 0.2) is 0 Å². The highest BCUT2D eigenvalue weighted by atomic mass is 16.6. The zero-order valence-corrected chi connectivity index (χ0v) is 25.5. The first-order chi connectivity index (χ1) is 22.6. The van der Waals surface area contributed by atoms with Crippen LogP contribution in [-0.4, -0.2) is 25.3 Å². The number of anilines is 3. The molecule has 3 N–H and O–H groups in total. The van der Waals surface area contributed by atoms with Crippen LogP contribution in [0.25, 0.3) is 0 Å². The van der Waals surface area contributed by atoms with Gasteiger partial charge in [0.2, 0.25) is 0 Å². The summed E-state index contributed by atoms with van der Waals surface area (Å²) < 4.78 is 10.9. The molecule has 0 aliphatic rings. The summed E-state index contributed by atoms with van der Waals surface area (Å²) >= 11 is 0. The predicted octanol–water partition coefficient (Wildman–Crippen LogP) is 8.05. The number of rotatable bonds is 13. The number of hydrazine groups is 1. The Bertz CT molecular complexity index is 1620. The third-order valence-corrected chi connectivity index (χ3v) is 7.26. The minimum atomic E-state index is -0.780. The number of hydrogen-bond acceptors (Lipinski definition) is 6. The van der Waals surface area contributed by atoms with E-state index in [1.54, 1.807) is 12.1 Å². The first kappa shape index (κ1) is 31.7. The van der Waals surface area contributed by atoms with Gasteiger partial charge in [0, 0.05) is 24.5 Å². The highest BCUT2D eigenvalue weighted by Gasteiger charge is 2.21. The number of amides is 2. The average Bonchev–Trinajstić information content (AvgIpc) is 3.12. The summed E-state index contributed by atoms with van der Waals surface area (Å²) in [5, 5.41) is 8.14. The van der Waals surface area contributed by atoms with Crippen molar-refractivity contribution >= 4 is 29.2 Å². The van der Waals surface area contributed by atoms with Gasteiger partial charge in [-0.2, -0.15) is 5.01 Å². The molecule has 5 rings (SSSR count). The van der Waals surface area contributed by atoms with Crippen molar-refractivity contribution in [2.75, 3.05) is 28.7 Å². The summed E-state index contributed by atoms with van der Waals surface area (Å²) in [5.74, 6) is 0.299. The quantitative estimate of drug-likeness (QED) is 0.116. The topological polar surface area (TPSA) is 91.9 Å². The van der Waals surface area contributed by atoms with E-state index in [2.05, 4.69) is 52.5 Å². The lowest BCUT2D eigenvalue weighted by Gasteiger charge is -2.23. The van der Waals surface area contributed by atoms with Gasteiger partial charge in [-0.1, -0.05) is 109 Å². The zero-order chi connectivity index (χ0) is 31.8. The molecule has 5 aromatic rings. The molecule has 0 radical (unpaired) electrons. The summed E-state index contributed by atoms with van der Waals surface area (Å²) in [7, 11) is 0. The third kappa shape index (κ3) is 10.2. The standard InChI is InChI=1S/C38H38N4O4/c43-37(45-28-31-15-7-2-8-16-31)41-42(38(44)46-29-32-17-9-3-10-18-32)36-23-21-35(22-24-36)40-27-33(25-30-13-5-1-6-14-30)26-39-34-19-11-4-12-20-34/h1-24,33,39-40H,25-29H2,(H,41,43)/t33-/m0/s1. The summed E-state index contributed by atoms with van der Waals surface area (Å²) in [4.78, 5) is 25.9. The second-order valence-electron chi connectivity index (χ2n) is 10.8. The van der Waals surface area contributed by atoms with Crippen molar-refractivity contribution in [2.45, 2.75) is 19.6 Å². The number of carbonyl (C=O) groups is 2. The molecule has 46 heavy (non-hydrogen) atoms. The molecular formula is C38H38N4O4. The van der Waals surface area contributed by atoms with Crippen molar-refractivity contribution in [3.8, 4) is 0 Å². The Morgan fingerprint density at radius 2 is 1.00 bits per heavy atom. The Labute approximate surface area is 270 Å². The monoisotopic (exact) mass is 614 g/mol. The number of ether oxygens (including phenoxy) is 2. The molecule has 1 atom stereocenters. The van der Waals surface area contributed by atoms with Gasteiger partial charge in [0.25, 0.3) is 0 Å². The average molecular weight is 615 g/mol. The minimum Gasteiger partial charge on any atom is -0.443 e. The van der Waals surface area contributed by atoms with E-state index in [0.717, 1.165) is 47.0 Å². The summed E-state index contributed by atoms with van der Waals surface area (Å²) in [6, 6.07) is 46.5. The first-order valence-electron chi connectivity index (χ1n) is 15.3. The highest BCUT2D eigenvalue weighted by molar-refractivity contribution is 5.90. The van der Waals surface area contributed by atoms with E-state index in [9.17, 15) is 9.59 Å². The van der Waals surface area contributed by atoms with Crippen LogP contribution in [0.3, 0.4) is 0 Å². The Kier molecular flexibility index (Phi) is 11.6. The van der Waals surface area contributed by atoms with Crippen LogP contribution in [0.5, 0.6) is 0 Å². The van der Waals surface area contributed by atoms with Crippen LogP contribution in [0.4, 0.5) is 26.7 Å². The van der Waals surface area contributed by atoms with E-state index in [4.69, 9.17) is 9.47 Å². The third-order valence-electron chi connectivity index (χ3n) is 7.26. The van der Waals surface area contributed by atoms with Crippen LogP contribution >= 0.6 is 0 Å². The van der Waals surface area contributed by atoms with Crippen LogP contribution in [-0.2, 0) is 29.1 Å². The van der Waals surface area contributed by atoms with Crippen molar-refractivity contribution in [3.05, 3.63) is 162 Å². The largest absolute Gasteiger partial charge is 0.443 e. The lowest BCUT2D eigenvalue weighted by molar-refractivity contribution is 0.126. The van der Waals surface area contributed by atoms with E-state index in [1.807, 2.05) is 97.1 Å². The van der Waals surface area contributed by atoms with E-state index in [-0.39, 0.29) is 13.2 Å². The Morgan fingerprint density at radius 1 is 0.543 bits per heavy atom. The maximum Gasteiger partial charge on any atom is 0.433 e. The Morgan fingerprint density at radius 3 is 1.54 bits per heavy atom. The fourth-order valence-corrected chi connectivity index (χ4v) is 4.82. The molecule has 0 aliphatic heterocycles. The van der Waals surface area contributed by atoms with Crippen LogP contribution in [0, 0.1) is 5.92 Å². The molecule has 0 spiro atoms. The molecule has 5 aromatic carbocycles. The van der Waals surface area contributed by atoms with Gasteiger partial charge < -0.3 is 20.1 Å². The van der Waals surface area contributed by atoms with Crippen molar-refractivity contribution in [3.63, 3.8) is 0 Å². The second kappa shape index (κ2) is 16.9. The van der Waals surface area contributed by atoms with Crippen molar-refractivity contribution in [1.82, 2.24) is 5.43 Å². The zero-order valence-electron chi connectivity index (χ0n) is 25.5. The summed E-state index contributed by atoms with van der Waals surface area (Å²) in [6.45, 7) is 1.63. The maximum atomic E-state index is 13.2. The lowest BCUT2D eigenvalue weighted by atomic mass is 9.99. The molecule has 234 valence electrons. The smallest absolute Gasteiger partial charge is 0.433 e. The number of para-hydroxylation sites is 1. The molecule has 8 heteroatoms. The minimum absolute atomic E-state index is 0.0520. The predicted molar refractivity (Wildman–Crippen MR) is 182 cm³/mol. The maximum absolute atomic E-state index is 13.2. The first-order valence-corrected chi connectivity index (χ1v) is 15.3. The fourth-order valence-electron chi connectivity index (χ4n) is 4.82. The molecule has 0 aromatic heterocycles. The van der Waals surface area contributed by atoms with E-state index in [1.165, 1.54) is 5.56 Å². The molecular weight excluding hydrogens is 576 g/mol. The van der Waals surface area contributed by atoms with Gasteiger partial charge in [0.1, 0.15) is 13.2 Å². The summed E-state index contributed by atoms with van der Waals surface area (Å²) in [6.07, 6.45) is -0.615. The van der Waals surface area contributed by atoms with Crippen LogP contribution in [0.15, 0.2) is 146 Å². The molecule has 8 nitrogen and oxygen atoms in total. The molecule has 0 saturated heterocycles. The van der Waals surface area contributed by atoms with Crippen molar-refractivity contribution in [2.24, 2.45) is 5.92 Å². The van der Waals surface area contributed by atoms with Crippen LogP contribution < -0.4 is 21.1 Å². The van der Waals surface area contributed by atoms with Crippen molar-refractivity contribution < 1.29 is 19.1 Å². The van der Waals surface area contributed by atoms with Gasteiger partial charge in [0.05, 0.1) is 5.69 Å². The SMILES string of the molecule is O=C(NN(C(=O)OCc1ccccc1)c1ccc(NC[C@H](CNc2ccccc2)Cc2ccccc2)cc1)OCc1ccccc1. The number of hydrogen-bond donors (Lipinski definition) is 3. The molecule has 2 amide bonds. The number of carbonyl (C=O) groups excluding carboxylic acids is 2. The van der Waals surface area contributed by atoms with Gasteiger partial charge >= 0.3 is 12.2 Å². The van der Waals surface area contributed by atoms with Crippen LogP contribution in [0.2, 0.25) is 0 Å². The Balaban J connectivity index is 1.23. The molecule has 0 saturated carbocycles. The van der Waals surface area contributed by atoms with Gasteiger partial charge in [-0.3, -0.25) is 0 Å². The number of nitrogens with one attached hydrogen (secondary N) is 3. The molecule has 0 fully saturated rings. The molecule has 0 aliphatic carbocycles. The van der Waals surface area contributed by atoms with Crippen molar-refractivity contribution in [1.29, 1.82) is 0 Å². The second-order valence-corrected chi connectivity index (χ2v) is 10.8. The van der Waals surface area contributed by atoms with E-state index >= 15 is 0 Å². The normalized spacial score (nSPS) is 11.1. The Hall–Kier alpha value is -5.76. The number of nitrogens with zero attached hydrogens (tertiary/aromatic N) is 1. The molecule has 0 bridgehead atoms. The van der Waals surface area contributed by atoms with Crippen LogP contribution in [0.1, 0.15) is 16.7 Å². The summed E-state index contributed by atoms with van der Waals surface area (Å²) in [5.41, 5.74) is 7.85. The highest BCUT2D eigenvalue weighted by Crippen LogP contribution is 2.20. The fraction of sp³-hybridized carbons (Fsp3) is 0.158. The van der Waals surface area contributed by atoms with E-state index < -0.39 is 12.2 Å². The van der Waals surface area contributed by atoms with Gasteiger partial charge in [-0.25, -0.2) is 15.0 Å². The lowest BCUT2D eigenvalue weighted by Crippen LogP contribution is -2.47.